The van der Waals surface area contributed by atoms with Crippen LogP contribution >= 0.6 is 11.3 Å². The maximum atomic E-state index is 12.7. The van der Waals surface area contributed by atoms with Crippen molar-refractivity contribution in [2.45, 2.75) is 54.9 Å². The third-order valence-electron chi connectivity index (χ3n) is 5.43. The number of rotatable bonds is 4. The predicted octanol–water partition coefficient (Wildman–Crippen LogP) is 2.00. The SMILES string of the molecule is O=C(NCc1ccc(S(=O)(=O)N2CCCCC2)s1)N1C2CCC1COC2. The summed E-state index contributed by atoms with van der Waals surface area (Å²) in [6, 6.07) is 3.73. The molecule has 4 rings (SSSR count). The molecule has 0 aromatic carbocycles. The van der Waals surface area contributed by atoms with Gasteiger partial charge in [0.1, 0.15) is 4.21 Å². The molecule has 3 aliphatic rings. The van der Waals surface area contributed by atoms with E-state index in [-0.39, 0.29) is 18.1 Å². The summed E-state index contributed by atoms with van der Waals surface area (Å²) in [6.07, 6.45) is 4.94. The van der Waals surface area contributed by atoms with Crippen LogP contribution in [0.4, 0.5) is 4.79 Å². The minimum absolute atomic E-state index is 0.0744. The normalized spacial score (nSPS) is 26.8. The first kappa shape index (κ1) is 18.2. The molecule has 3 aliphatic heterocycles. The molecule has 3 fully saturated rings. The molecule has 4 heterocycles. The van der Waals surface area contributed by atoms with Gasteiger partial charge in [-0.15, -0.1) is 11.3 Å². The van der Waals surface area contributed by atoms with Crippen LogP contribution < -0.4 is 5.32 Å². The van der Waals surface area contributed by atoms with E-state index in [1.807, 2.05) is 4.90 Å². The van der Waals surface area contributed by atoms with Crippen molar-refractivity contribution in [2.75, 3.05) is 26.3 Å². The van der Waals surface area contributed by atoms with Crippen LogP contribution in [0.1, 0.15) is 37.0 Å². The third kappa shape index (κ3) is 3.49. The van der Waals surface area contributed by atoms with E-state index in [1.54, 1.807) is 16.4 Å². The average molecular weight is 400 g/mol. The molecule has 1 aromatic heterocycles. The minimum atomic E-state index is -3.40. The number of morpholine rings is 1. The number of ether oxygens (including phenoxy) is 1. The van der Waals surface area contributed by atoms with Gasteiger partial charge >= 0.3 is 6.03 Å². The number of thiophene rings is 1. The molecule has 3 saturated heterocycles. The fourth-order valence-electron chi connectivity index (χ4n) is 4.04. The largest absolute Gasteiger partial charge is 0.377 e. The Morgan fingerprint density at radius 3 is 2.54 bits per heavy atom. The van der Waals surface area contributed by atoms with E-state index < -0.39 is 10.0 Å². The van der Waals surface area contributed by atoms with E-state index in [1.165, 1.54) is 11.3 Å². The molecule has 2 unspecified atom stereocenters. The van der Waals surface area contributed by atoms with Gasteiger partial charge in [0.05, 0.1) is 31.8 Å². The summed E-state index contributed by atoms with van der Waals surface area (Å²) in [5, 5.41) is 2.95. The molecule has 1 aromatic rings. The molecule has 0 spiro atoms. The standard InChI is InChI=1S/C17H25N3O4S2/c21-17(20-13-4-5-14(20)12-24-11-13)18-10-15-6-7-16(25-15)26(22,23)19-8-2-1-3-9-19/h6-7,13-14H,1-5,8-12H2,(H,18,21). The van der Waals surface area contributed by atoms with E-state index in [2.05, 4.69) is 5.32 Å². The number of nitrogens with one attached hydrogen (secondary N) is 1. The summed E-state index contributed by atoms with van der Waals surface area (Å²) in [6.45, 7) is 2.79. The van der Waals surface area contributed by atoms with Gasteiger partial charge in [0.25, 0.3) is 10.0 Å². The number of hydrogen-bond donors (Lipinski definition) is 1. The number of carbonyl (C=O) groups is 1. The van der Waals surface area contributed by atoms with Crippen LogP contribution in [0, 0.1) is 0 Å². The van der Waals surface area contributed by atoms with Crippen LogP contribution in [0.3, 0.4) is 0 Å². The molecule has 1 N–H and O–H groups in total. The highest BCUT2D eigenvalue weighted by Gasteiger charge is 2.40. The lowest BCUT2D eigenvalue weighted by Crippen LogP contribution is -2.52. The van der Waals surface area contributed by atoms with E-state index in [0.29, 0.717) is 37.1 Å². The summed E-state index contributed by atoms with van der Waals surface area (Å²) in [5.74, 6) is 0. The van der Waals surface area contributed by atoms with Crippen LogP contribution in [0.25, 0.3) is 0 Å². The molecule has 7 nitrogen and oxygen atoms in total. The second-order valence-corrected chi connectivity index (χ2v) is 10.5. The van der Waals surface area contributed by atoms with Gasteiger partial charge in [-0.3, -0.25) is 0 Å². The third-order valence-corrected chi connectivity index (χ3v) is 8.89. The summed E-state index contributed by atoms with van der Waals surface area (Å²) in [4.78, 5) is 15.3. The molecule has 0 saturated carbocycles. The van der Waals surface area contributed by atoms with Crippen LogP contribution in [0.5, 0.6) is 0 Å². The fraction of sp³-hybridized carbons (Fsp3) is 0.706. The Morgan fingerprint density at radius 1 is 1.15 bits per heavy atom. The quantitative estimate of drug-likeness (QED) is 0.840. The number of amides is 2. The summed E-state index contributed by atoms with van der Waals surface area (Å²) in [5.41, 5.74) is 0. The van der Waals surface area contributed by atoms with Gasteiger partial charge < -0.3 is 15.0 Å². The Labute approximate surface area is 158 Å². The van der Waals surface area contributed by atoms with Crippen LogP contribution in [-0.2, 0) is 21.3 Å². The minimum Gasteiger partial charge on any atom is -0.377 e. The van der Waals surface area contributed by atoms with Gasteiger partial charge in [0.2, 0.25) is 0 Å². The maximum absolute atomic E-state index is 12.7. The first-order chi connectivity index (χ1) is 12.6. The zero-order chi connectivity index (χ0) is 18.1. The Bertz CT molecular complexity index is 742. The summed E-state index contributed by atoms with van der Waals surface area (Å²) < 4.78 is 32.9. The smallest absolute Gasteiger partial charge is 0.318 e. The number of hydrogen-bond acceptors (Lipinski definition) is 5. The van der Waals surface area contributed by atoms with Crippen LogP contribution in [0.2, 0.25) is 0 Å². The Hall–Kier alpha value is -1.16. The van der Waals surface area contributed by atoms with E-state index in [9.17, 15) is 13.2 Å². The zero-order valence-corrected chi connectivity index (χ0v) is 16.4. The Balaban J connectivity index is 1.37. The summed E-state index contributed by atoms with van der Waals surface area (Å²) >= 11 is 1.25. The Morgan fingerprint density at radius 2 is 1.85 bits per heavy atom. The molecule has 0 aliphatic carbocycles. The van der Waals surface area contributed by atoms with E-state index in [0.717, 1.165) is 37.0 Å². The van der Waals surface area contributed by atoms with Gasteiger partial charge in [-0.25, -0.2) is 13.2 Å². The van der Waals surface area contributed by atoms with Crippen molar-refractivity contribution in [3.8, 4) is 0 Å². The lowest BCUT2D eigenvalue weighted by molar-refractivity contribution is 0.00633. The van der Waals surface area contributed by atoms with Crippen molar-refractivity contribution in [1.29, 1.82) is 0 Å². The van der Waals surface area contributed by atoms with Crippen molar-refractivity contribution >= 4 is 27.4 Å². The topological polar surface area (TPSA) is 79.0 Å². The van der Waals surface area contributed by atoms with Gasteiger partial charge in [-0.1, -0.05) is 6.42 Å². The highest BCUT2D eigenvalue weighted by atomic mass is 32.2. The van der Waals surface area contributed by atoms with Gasteiger partial charge in [0, 0.05) is 18.0 Å². The number of urea groups is 1. The van der Waals surface area contributed by atoms with E-state index >= 15 is 0 Å². The molecule has 2 amide bonds. The van der Waals surface area contributed by atoms with Crippen molar-refractivity contribution in [1.82, 2.24) is 14.5 Å². The van der Waals surface area contributed by atoms with Gasteiger partial charge in [0.15, 0.2) is 0 Å². The highest BCUT2D eigenvalue weighted by Crippen LogP contribution is 2.29. The molecule has 2 atom stereocenters. The number of fused-ring (bicyclic) bond motifs is 2. The van der Waals surface area contributed by atoms with Crippen molar-refractivity contribution in [2.24, 2.45) is 0 Å². The lowest BCUT2D eigenvalue weighted by Gasteiger charge is -2.34. The molecule has 2 bridgehead atoms. The first-order valence-corrected chi connectivity index (χ1v) is 11.5. The molecule has 0 radical (unpaired) electrons. The Kier molecular flexibility index (Phi) is 5.22. The number of sulfonamides is 1. The monoisotopic (exact) mass is 399 g/mol. The van der Waals surface area contributed by atoms with Gasteiger partial charge in [-0.2, -0.15) is 4.31 Å². The average Bonchev–Trinajstić information content (AvgIpc) is 3.23. The van der Waals surface area contributed by atoms with Gasteiger partial charge in [-0.05, 0) is 37.8 Å². The second kappa shape index (κ2) is 7.46. The highest BCUT2D eigenvalue weighted by molar-refractivity contribution is 7.91. The van der Waals surface area contributed by atoms with Crippen molar-refractivity contribution in [3.05, 3.63) is 17.0 Å². The molecule has 26 heavy (non-hydrogen) atoms. The number of nitrogens with zero attached hydrogens (tertiary/aromatic N) is 2. The number of carbonyl (C=O) groups excluding carboxylic acids is 1. The molecular weight excluding hydrogens is 374 g/mol. The summed E-state index contributed by atoms with van der Waals surface area (Å²) in [7, 11) is -3.40. The van der Waals surface area contributed by atoms with Crippen molar-refractivity contribution in [3.63, 3.8) is 0 Å². The van der Waals surface area contributed by atoms with Crippen LogP contribution in [0.15, 0.2) is 16.3 Å². The zero-order valence-electron chi connectivity index (χ0n) is 14.7. The number of piperidine rings is 1. The molecule has 144 valence electrons. The molecule has 9 heteroatoms. The lowest BCUT2D eigenvalue weighted by atomic mass is 10.2. The molecular formula is C17H25N3O4S2. The first-order valence-electron chi connectivity index (χ1n) is 9.28. The van der Waals surface area contributed by atoms with Crippen LogP contribution in [-0.4, -0.2) is 62.0 Å². The second-order valence-electron chi connectivity index (χ2n) is 7.17. The van der Waals surface area contributed by atoms with E-state index in [4.69, 9.17) is 4.74 Å². The maximum Gasteiger partial charge on any atom is 0.318 e. The van der Waals surface area contributed by atoms with Crippen molar-refractivity contribution < 1.29 is 17.9 Å². The fourth-order valence-corrected chi connectivity index (χ4v) is 7.01. The predicted molar refractivity (Wildman–Crippen MR) is 98.6 cm³/mol.